The molecule has 0 unspecified atom stereocenters. The van der Waals surface area contributed by atoms with E-state index in [4.69, 9.17) is 5.11 Å². The van der Waals surface area contributed by atoms with Gasteiger partial charge < -0.3 is 14.6 Å². The van der Waals surface area contributed by atoms with Crippen molar-refractivity contribution in [2.45, 2.75) is 0 Å². The minimum atomic E-state index is -1.47. The highest BCUT2D eigenvalue weighted by atomic mass is 16.7. The fourth-order valence-corrected chi connectivity index (χ4v) is 0.928. The molecule has 0 aliphatic rings. The van der Waals surface area contributed by atoms with Gasteiger partial charge in [0.15, 0.2) is 0 Å². The number of benzene rings is 1. The second-order valence-corrected chi connectivity index (χ2v) is 2.36. The van der Waals surface area contributed by atoms with Gasteiger partial charge in [0.05, 0.1) is 7.11 Å². The van der Waals surface area contributed by atoms with Crippen LogP contribution in [0.2, 0.25) is 0 Å². The Morgan fingerprint density at radius 2 is 1.93 bits per heavy atom. The molecule has 14 heavy (non-hydrogen) atoms. The van der Waals surface area contributed by atoms with E-state index in [9.17, 15) is 9.59 Å². The lowest BCUT2D eigenvalue weighted by molar-refractivity contribution is 0.0597. The van der Waals surface area contributed by atoms with Crippen molar-refractivity contribution in [3.05, 3.63) is 29.8 Å². The Balaban J connectivity index is 3.02. The van der Waals surface area contributed by atoms with Crippen LogP contribution in [-0.4, -0.2) is 24.3 Å². The Labute approximate surface area is 79.9 Å². The SMILES string of the molecule is COC(=O)c1ccccc1OC(=O)O. The van der Waals surface area contributed by atoms with Crippen LogP contribution in [0.15, 0.2) is 24.3 Å². The highest BCUT2D eigenvalue weighted by molar-refractivity contribution is 5.93. The number of ether oxygens (including phenoxy) is 2. The van der Waals surface area contributed by atoms with Gasteiger partial charge in [-0.1, -0.05) is 12.1 Å². The fourth-order valence-electron chi connectivity index (χ4n) is 0.928. The molecule has 1 N–H and O–H groups in total. The zero-order chi connectivity index (χ0) is 10.6. The predicted molar refractivity (Wildman–Crippen MR) is 46.4 cm³/mol. The molecule has 0 fully saturated rings. The molecule has 0 bridgehead atoms. The number of rotatable bonds is 2. The van der Waals surface area contributed by atoms with Gasteiger partial charge >= 0.3 is 12.1 Å². The van der Waals surface area contributed by atoms with Gasteiger partial charge in [-0.25, -0.2) is 9.59 Å². The molecule has 0 spiro atoms. The van der Waals surface area contributed by atoms with Gasteiger partial charge in [-0.15, -0.1) is 0 Å². The maximum absolute atomic E-state index is 11.1. The maximum atomic E-state index is 11.1. The third kappa shape index (κ3) is 2.22. The third-order valence-corrected chi connectivity index (χ3v) is 1.49. The minimum Gasteiger partial charge on any atom is -0.465 e. The van der Waals surface area contributed by atoms with E-state index in [1.807, 2.05) is 0 Å². The van der Waals surface area contributed by atoms with E-state index in [0.717, 1.165) is 0 Å². The molecule has 0 saturated heterocycles. The molecule has 0 aromatic heterocycles. The van der Waals surface area contributed by atoms with Crippen molar-refractivity contribution in [2.24, 2.45) is 0 Å². The van der Waals surface area contributed by atoms with E-state index in [0.29, 0.717) is 0 Å². The number of carbonyl (C=O) groups is 2. The maximum Gasteiger partial charge on any atom is 0.511 e. The van der Waals surface area contributed by atoms with Gasteiger partial charge in [0.25, 0.3) is 0 Å². The summed E-state index contributed by atoms with van der Waals surface area (Å²) in [6.45, 7) is 0. The number of hydrogen-bond donors (Lipinski definition) is 1. The highest BCUT2D eigenvalue weighted by Gasteiger charge is 2.13. The Bertz CT molecular complexity index is 358. The summed E-state index contributed by atoms with van der Waals surface area (Å²) >= 11 is 0. The van der Waals surface area contributed by atoms with E-state index in [1.54, 1.807) is 12.1 Å². The summed E-state index contributed by atoms with van der Waals surface area (Å²) in [5.74, 6) is -0.672. The Hall–Kier alpha value is -2.04. The molecule has 74 valence electrons. The van der Waals surface area contributed by atoms with E-state index in [2.05, 4.69) is 9.47 Å². The first-order chi connectivity index (χ1) is 6.65. The summed E-state index contributed by atoms with van der Waals surface area (Å²) < 4.78 is 8.83. The lowest BCUT2D eigenvalue weighted by atomic mass is 10.2. The van der Waals surface area contributed by atoms with Crippen molar-refractivity contribution in [2.75, 3.05) is 7.11 Å². The predicted octanol–water partition coefficient (Wildman–Crippen LogP) is 1.53. The van der Waals surface area contributed by atoms with Crippen LogP contribution >= 0.6 is 0 Å². The summed E-state index contributed by atoms with van der Waals surface area (Å²) in [6.07, 6.45) is -1.47. The Morgan fingerprint density at radius 1 is 1.29 bits per heavy atom. The molecule has 0 radical (unpaired) electrons. The van der Waals surface area contributed by atoms with E-state index in [-0.39, 0.29) is 11.3 Å². The monoisotopic (exact) mass is 196 g/mol. The molecule has 0 amide bonds. The van der Waals surface area contributed by atoms with E-state index < -0.39 is 12.1 Å². The van der Waals surface area contributed by atoms with Crippen molar-refractivity contribution in [3.8, 4) is 5.75 Å². The Kier molecular flexibility index (Phi) is 3.06. The summed E-state index contributed by atoms with van der Waals surface area (Å²) in [5.41, 5.74) is 0.0809. The molecule has 5 nitrogen and oxygen atoms in total. The highest BCUT2D eigenvalue weighted by Crippen LogP contribution is 2.18. The zero-order valence-electron chi connectivity index (χ0n) is 7.39. The molecule has 0 aliphatic carbocycles. The van der Waals surface area contributed by atoms with Gasteiger partial charge in [0.2, 0.25) is 0 Å². The van der Waals surface area contributed by atoms with Crippen LogP contribution in [0.3, 0.4) is 0 Å². The summed E-state index contributed by atoms with van der Waals surface area (Å²) in [6, 6.07) is 5.94. The second kappa shape index (κ2) is 4.27. The first-order valence-electron chi connectivity index (χ1n) is 3.73. The summed E-state index contributed by atoms with van der Waals surface area (Å²) in [7, 11) is 1.21. The average molecular weight is 196 g/mol. The van der Waals surface area contributed by atoms with Crippen LogP contribution in [0.4, 0.5) is 4.79 Å². The molecule has 0 atom stereocenters. The lowest BCUT2D eigenvalue weighted by Crippen LogP contribution is -2.09. The van der Waals surface area contributed by atoms with Gasteiger partial charge in [-0.2, -0.15) is 0 Å². The fraction of sp³-hybridized carbons (Fsp3) is 0.111. The molecule has 0 heterocycles. The topological polar surface area (TPSA) is 72.8 Å². The minimum absolute atomic E-state index is 0.0353. The Morgan fingerprint density at radius 3 is 2.50 bits per heavy atom. The van der Waals surface area contributed by atoms with Crippen molar-refractivity contribution in [1.82, 2.24) is 0 Å². The van der Waals surface area contributed by atoms with Gasteiger partial charge in [-0.05, 0) is 12.1 Å². The van der Waals surface area contributed by atoms with E-state index in [1.165, 1.54) is 19.2 Å². The number of carboxylic acid groups (broad SMARTS) is 1. The van der Waals surface area contributed by atoms with Gasteiger partial charge in [-0.3, -0.25) is 0 Å². The molecule has 0 aliphatic heterocycles. The first kappa shape index (κ1) is 10.0. The van der Waals surface area contributed by atoms with Crippen LogP contribution in [0.25, 0.3) is 0 Å². The summed E-state index contributed by atoms with van der Waals surface area (Å²) in [4.78, 5) is 21.4. The largest absolute Gasteiger partial charge is 0.511 e. The third-order valence-electron chi connectivity index (χ3n) is 1.49. The summed E-state index contributed by atoms with van der Waals surface area (Å²) in [5, 5.41) is 8.37. The van der Waals surface area contributed by atoms with Crippen LogP contribution in [0.1, 0.15) is 10.4 Å². The standard InChI is InChI=1S/C9H8O5/c1-13-8(10)6-4-2-3-5-7(6)14-9(11)12/h2-5H,1H3,(H,11,12). The number of para-hydroxylation sites is 1. The number of methoxy groups -OCH3 is 1. The van der Waals surface area contributed by atoms with Crippen LogP contribution in [0, 0.1) is 0 Å². The zero-order valence-corrected chi connectivity index (χ0v) is 7.39. The number of esters is 1. The van der Waals surface area contributed by atoms with Crippen molar-refractivity contribution < 1.29 is 24.2 Å². The van der Waals surface area contributed by atoms with Gasteiger partial charge in [0, 0.05) is 0 Å². The van der Waals surface area contributed by atoms with Crippen molar-refractivity contribution in [1.29, 1.82) is 0 Å². The van der Waals surface area contributed by atoms with Crippen molar-refractivity contribution >= 4 is 12.1 Å². The number of carbonyl (C=O) groups excluding carboxylic acids is 1. The first-order valence-corrected chi connectivity index (χ1v) is 3.73. The normalized spacial score (nSPS) is 9.21. The van der Waals surface area contributed by atoms with E-state index >= 15 is 0 Å². The van der Waals surface area contributed by atoms with Crippen LogP contribution in [-0.2, 0) is 4.74 Å². The molecule has 5 heteroatoms. The second-order valence-electron chi connectivity index (χ2n) is 2.36. The van der Waals surface area contributed by atoms with Crippen molar-refractivity contribution in [3.63, 3.8) is 0 Å². The molecule has 0 saturated carbocycles. The number of hydrogen-bond acceptors (Lipinski definition) is 4. The lowest BCUT2D eigenvalue weighted by Gasteiger charge is -2.04. The molecule has 1 aromatic rings. The van der Waals surface area contributed by atoms with Gasteiger partial charge in [0.1, 0.15) is 11.3 Å². The molecular weight excluding hydrogens is 188 g/mol. The smallest absolute Gasteiger partial charge is 0.465 e. The quantitative estimate of drug-likeness (QED) is 0.573. The van der Waals surface area contributed by atoms with Crippen LogP contribution in [0.5, 0.6) is 5.75 Å². The average Bonchev–Trinajstić information content (AvgIpc) is 2.16. The van der Waals surface area contributed by atoms with Crippen LogP contribution < -0.4 is 4.74 Å². The molecule has 1 aromatic carbocycles. The molecular formula is C9H8O5. The molecule has 1 rings (SSSR count).